The van der Waals surface area contributed by atoms with Gasteiger partial charge < -0.3 is 14.7 Å². The summed E-state index contributed by atoms with van der Waals surface area (Å²) in [5.41, 5.74) is 1.22. The number of aldehydes is 1. The summed E-state index contributed by atoms with van der Waals surface area (Å²) >= 11 is 0. The van der Waals surface area contributed by atoms with Crippen LogP contribution in [0.3, 0.4) is 0 Å². The van der Waals surface area contributed by atoms with Crippen LogP contribution in [-0.2, 0) is 4.79 Å². The van der Waals surface area contributed by atoms with Crippen molar-refractivity contribution in [1.29, 1.82) is 0 Å². The average molecular weight is 275 g/mol. The normalized spacial score (nSPS) is 15.2. The first-order chi connectivity index (χ1) is 9.52. The maximum Gasteiger partial charge on any atom is 0.320 e. The number of anilines is 1. The maximum atomic E-state index is 12.2. The van der Waals surface area contributed by atoms with E-state index < -0.39 is 0 Å². The minimum Gasteiger partial charge on any atom is -0.331 e. The third-order valence-corrected chi connectivity index (χ3v) is 3.19. The van der Waals surface area contributed by atoms with E-state index in [9.17, 15) is 14.4 Å². The van der Waals surface area contributed by atoms with Gasteiger partial charge in [-0.15, -0.1) is 0 Å². The molecule has 0 bridgehead atoms. The van der Waals surface area contributed by atoms with Gasteiger partial charge in [-0.05, 0) is 12.1 Å². The minimum absolute atomic E-state index is 0.0579. The molecule has 3 amide bonds. The molecular weight excluding hydrogens is 258 g/mol. The molecule has 1 fully saturated rings. The Bertz CT molecular complexity index is 542. The zero-order valence-electron chi connectivity index (χ0n) is 11.6. The van der Waals surface area contributed by atoms with E-state index in [1.807, 2.05) is 0 Å². The minimum atomic E-state index is -0.167. The van der Waals surface area contributed by atoms with Crippen LogP contribution < -0.4 is 4.90 Å². The zero-order valence-corrected chi connectivity index (χ0v) is 11.6. The Balaban J connectivity index is 2.12. The molecular formula is C14H17N3O3. The van der Waals surface area contributed by atoms with Crippen molar-refractivity contribution in [2.45, 2.75) is 0 Å². The molecule has 6 nitrogen and oxygen atoms in total. The van der Waals surface area contributed by atoms with Gasteiger partial charge in [-0.1, -0.05) is 12.1 Å². The average Bonchev–Trinajstić information content (AvgIpc) is 2.46. The number of piperazine rings is 1. The Morgan fingerprint density at radius 1 is 1.30 bits per heavy atom. The number of benzene rings is 1. The first kappa shape index (κ1) is 14.0. The van der Waals surface area contributed by atoms with Crippen molar-refractivity contribution >= 4 is 23.9 Å². The summed E-state index contributed by atoms with van der Waals surface area (Å²) in [6, 6.07) is 6.72. The summed E-state index contributed by atoms with van der Waals surface area (Å²) in [6.45, 7) is 0.969. The van der Waals surface area contributed by atoms with Crippen LogP contribution in [0.2, 0.25) is 0 Å². The van der Waals surface area contributed by atoms with Crippen LogP contribution in [0, 0.1) is 0 Å². The van der Waals surface area contributed by atoms with Crippen molar-refractivity contribution in [2.75, 3.05) is 38.6 Å². The molecule has 1 heterocycles. The van der Waals surface area contributed by atoms with Crippen LogP contribution in [0.25, 0.3) is 0 Å². The van der Waals surface area contributed by atoms with E-state index in [0.717, 1.165) is 6.29 Å². The van der Waals surface area contributed by atoms with Gasteiger partial charge in [-0.25, -0.2) is 4.79 Å². The number of urea groups is 1. The molecule has 6 heteroatoms. The number of nitrogens with zero attached hydrogens (tertiary/aromatic N) is 3. The Morgan fingerprint density at radius 2 is 2.05 bits per heavy atom. The van der Waals surface area contributed by atoms with E-state index >= 15 is 0 Å². The molecule has 1 aromatic rings. The predicted molar refractivity (Wildman–Crippen MR) is 74.8 cm³/mol. The first-order valence-electron chi connectivity index (χ1n) is 6.35. The molecule has 0 atom stereocenters. The van der Waals surface area contributed by atoms with Crippen molar-refractivity contribution < 1.29 is 14.4 Å². The molecule has 0 N–H and O–H groups in total. The summed E-state index contributed by atoms with van der Waals surface area (Å²) < 4.78 is 0. The van der Waals surface area contributed by atoms with E-state index in [1.165, 1.54) is 9.80 Å². The van der Waals surface area contributed by atoms with Crippen molar-refractivity contribution in [3.8, 4) is 0 Å². The number of hydrogen-bond donors (Lipinski definition) is 0. The Kier molecular flexibility index (Phi) is 4.02. The van der Waals surface area contributed by atoms with E-state index in [2.05, 4.69) is 0 Å². The summed E-state index contributed by atoms with van der Waals surface area (Å²) in [5, 5.41) is 0. The Labute approximate surface area is 117 Å². The lowest BCUT2D eigenvalue weighted by Gasteiger charge is -2.35. The fraction of sp³-hybridized carbons (Fsp3) is 0.357. The van der Waals surface area contributed by atoms with E-state index in [-0.39, 0.29) is 18.5 Å². The third-order valence-electron chi connectivity index (χ3n) is 3.19. The van der Waals surface area contributed by atoms with Gasteiger partial charge in [-0.3, -0.25) is 9.59 Å². The lowest BCUT2D eigenvalue weighted by molar-refractivity contribution is -0.120. The van der Waals surface area contributed by atoms with Crippen LogP contribution in [0.4, 0.5) is 10.5 Å². The zero-order chi connectivity index (χ0) is 14.7. The summed E-state index contributed by atoms with van der Waals surface area (Å²) in [7, 11) is 3.32. The van der Waals surface area contributed by atoms with Crippen molar-refractivity contribution in [3.63, 3.8) is 0 Å². The molecule has 0 aliphatic carbocycles. The van der Waals surface area contributed by atoms with Crippen LogP contribution in [0.1, 0.15) is 10.4 Å². The second kappa shape index (κ2) is 5.73. The van der Waals surface area contributed by atoms with Crippen LogP contribution >= 0.6 is 0 Å². The van der Waals surface area contributed by atoms with Crippen LogP contribution in [0.5, 0.6) is 0 Å². The van der Waals surface area contributed by atoms with Gasteiger partial charge in [0.05, 0.1) is 0 Å². The van der Waals surface area contributed by atoms with Gasteiger partial charge in [0.15, 0.2) is 0 Å². The quantitative estimate of drug-likeness (QED) is 0.751. The molecule has 0 aromatic heterocycles. The maximum absolute atomic E-state index is 12.2. The highest BCUT2D eigenvalue weighted by Gasteiger charge is 2.28. The largest absolute Gasteiger partial charge is 0.331 e. The monoisotopic (exact) mass is 275 g/mol. The number of carbonyl (C=O) groups is 3. The molecule has 0 radical (unpaired) electrons. The second-order valence-corrected chi connectivity index (χ2v) is 4.86. The SMILES string of the molecule is CN(C)C(=O)N1CCN(c2cccc(C=O)c2)C(=O)C1. The van der Waals surface area contributed by atoms with E-state index in [1.54, 1.807) is 43.3 Å². The molecule has 0 saturated carbocycles. The molecule has 2 rings (SSSR count). The Morgan fingerprint density at radius 3 is 2.65 bits per heavy atom. The van der Waals surface area contributed by atoms with Crippen molar-refractivity contribution in [3.05, 3.63) is 29.8 Å². The van der Waals surface area contributed by atoms with Gasteiger partial charge in [0.2, 0.25) is 5.91 Å². The number of rotatable bonds is 2. The van der Waals surface area contributed by atoms with E-state index in [0.29, 0.717) is 24.3 Å². The third kappa shape index (κ3) is 2.79. The summed E-state index contributed by atoms with van der Waals surface area (Å²) in [6.07, 6.45) is 0.750. The topological polar surface area (TPSA) is 60.9 Å². The highest BCUT2D eigenvalue weighted by molar-refractivity contribution is 5.98. The highest BCUT2D eigenvalue weighted by atomic mass is 16.2. The van der Waals surface area contributed by atoms with Crippen LogP contribution in [0.15, 0.2) is 24.3 Å². The lowest BCUT2D eigenvalue weighted by atomic mass is 10.2. The molecule has 20 heavy (non-hydrogen) atoms. The number of hydrogen-bond acceptors (Lipinski definition) is 3. The van der Waals surface area contributed by atoms with Crippen molar-refractivity contribution in [1.82, 2.24) is 9.80 Å². The van der Waals surface area contributed by atoms with Gasteiger partial charge >= 0.3 is 6.03 Å². The summed E-state index contributed by atoms with van der Waals surface area (Å²) in [5.74, 6) is -0.144. The molecule has 1 aromatic carbocycles. The van der Waals surface area contributed by atoms with E-state index in [4.69, 9.17) is 0 Å². The number of amides is 3. The standard InChI is InChI=1S/C14H17N3O3/c1-15(2)14(20)16-6-7-17(13(19)9-16)12-5-3-4-11(8-12)10-18/h3-5,8,10H,6-7,9H2,1-2H3. The van der Waals surface area contributed by atoms with Gasteiger partial charge in [0, 0.05) is 38.4 Å². The lowest BCUT2D eigenvalue weighted by Crippen LogP contribution is -2.54. The fourth-order valence-corrected chi connectivity index (χ4v) is 2.16. The molecule has 0 unspecified atom stereocenters. The smallest absolute Gasteiger partial charge is 0.320 e. The molecule has 1 saturated heterocycles. The highest BCUT2D eigenvalue weighted by Crippen LogP contribution is 2.18. The summed E-state index contributed by atoms with van der Waals surface area (Å²) in [4.78, 5) is 39.3. The number of carbonyl (C=O) groups excluding carboxylic acids is 3. The van der Waals surface area contributed by atoms with Gasteiger partial charge in [-0.2, -0.15) is 0 Å². The second-order valence-electron chi connectivity index (χ2n) is 4.86. The van der Waals surface area contributed by atoms with Gasteiger partial charge in [0.1, 0.15) is 12.8 Å². The van der Waals surface area contributed by atoms with Gasteiger partial charge in [0.25, 0.3) is 0 Å². The fourth-order valence-electron chi connectivity index (χ4n) is 2.16. The van der Waals surface area contributed by atoms with Crippen molar-refractivity contribution in [2.24, 2.45) is 0 Å². The molecule has 1 aliphatic rings. The predicted octanol–water partition coefficient (Wildman–Crippen LogP) is 0.829. The molecule has 1 aliphatic heterocycles. The molecule has 0 spiro atoms. The Hall–Kier alpha value is -2.37. The molecule has 106 valence electrons. The van der Waals surface area contributed by atoms with Crippen LogP contribution in [-0.4, -0.2) is 61.8 Å². The first-order valence-corrected chi connectivity index (χ1v) is 6.35.